The van der Waals surface area contributed by atoms with E-state index in [-0.39, 0.29) is 11.4 Å². The fraction of sp³-hybridized carbons (Fsp3) is 0.0909. The Morgan fingerprint density at radius 3 is 2.71 bits per heavy atom. The van der Waals surface area contributed by atoms with Gasteiger partial charge in [0.1, 0.15) is 11.4 Å². The van der Waals surface area contributed by atoms with E-state index in [4.69, 9.17) is 0 Å². The Hall–Kier alpha value is -1.77. The third-order valence-corrected chi connectivity index (χ3v) is 2.22. The Labute approximate surface area is 81.0 Å². The molecule has 0 amide bonds. The molecule has 2 rings (SSSR count). The van der Waals surface area contributed by atoms with Crippen LogP contribution in [0.4, 0.5) is 10.1 Å². The molecular formula is C11H10FNO. The van der Waals surface area contributed by atoms with E-state index in [1.807, 2.05) is 0 Å². The van der Waals surface area contributed by atoms with Crippen LogP contribution in [-0.2, 0) is 0 Å². The zero-order valence-electron chi connectivity index (χ0n) is 7.71. The standard InChI is InChI=1S/C11H10FNO/c1-13-10-9(12)6-7-4-2-3-5-8(7)11(10)14/h2-6,13-14H,1H3. The highest BCUT2D eigenvalue weighted by Gasteiger charge is 2.10. The summed E-state index contributed by atoms with van der Waals surface area (Å²) in [5.74, 6) is -0.480. The minimum Gasteiger partial charge on any atom is -0.505 e. The molecule has 2 aromatic carbocycles. The fourth-order valence-corrected chi connectivity index (χ4v) is 1.53. The van der Waals surface area contributed by atoms with E-state index in [1.165, 1.54) is 6.07 Å². The summed E-state index contributed by atoms with van der Waals surface area (Å²) in [6.07, 6.45) is 0. The van der Waals surface area contributed by atoms with Crippen LogP contribution in [0.3, 0.4) is 0 Å². The van der Waals surface area contributed by atoms with Gasteiger partial charge in [0.25, 0.3) is 0 Å². The average molecular weight is 191 g/mol. The largest absolute Gasteiger partial charge is 0.505 e. The molecule has 72 valence electrons. The second-order valence-electron chi connectivity index (χ2n) is 3.05. The highest BCUT2D eigenvalue weighted by atomic mass is 19.1. The first-order chi connectivity index (χ1) is 6.74. The van der Waals surface area contributed by atoms with Crippen molar-refractivity contribution >= 4 is 16.5 Å². The number of halogens is 1. The smallest absolute Gasteiger partial charge is 0.150 e. The summed E-state index contributed by atoms with van der Waals surface area (Å²) in [5.41, 5.74) is 0.142. The summed E-state index contributed by atoms with van der Waals surface area (Å²) in [5, 5.41) is 13.7. The van der Waals surface area contributed by atoms with Crippen molar-refractivity contribution in [3.05, 3.63) is 36.1 Å². The molecule has 0 spiro atoms. The molecule has 0 bridgehead atoms. The summed E-state index contributed by atoms with van der Waals surface area (Å²) in [4.78, 5) is 0. The topological polar surface area (TPSA) is 32.3 Å². The molecule has 0 heterocycles. The quantitative estimate of drug-likeness (QED) is 0.679. The molecule has 0 aliphatic heterocycles. The lowest BCUT2D eigenvalue weighted by atomic mass is 10.1. The second kappa shape index (κ2) is 3.18. The van der Waals surface area contributed by atoms with Gasteiger partial charge in [0.05, 0.1) is 0 Å². The molecule has 0 unspecified atom stereocenters. The zero-order chi connectivity index (χ0) is 10.1. The summed E-state index contributed by atoms with van der Waals surface area (Å²) >= 11 is 0. The number of nitrogens with one attached hydrogen (secondary N) is 1. The number of anilines is 1. The van der Waals surface area contributed by atoms with Crippen LogP contribution in [0.25, 0.3) is 10.8 Å². The van der Waals surface area contributed by atoms with Gasteiger partial charge in [0.15, 0.2) is 5.82 Å². The lowest BCUT2D eigenvalue weighted by Crippen LogP contribution is -1.93. The van der Waals surface area contributed by atoms with Crippen molar-refractivity contribution in [2.24, 2.45) is 0 Å². The number of fused-ring (bicyclic) bond motifs is 1. The molecule has 0 aliphatic rings. The monoisotopic (exact) mass is 191 g/mol. The van der Waals surface area contributed by atoms with Crippen LogP contribution in [-0.4, -0.2) is 12.2 Å². The molecule has 0 fully saturated rings. The molecule has 3 heteroatoms. The van der Waals surface area contributed by atoms with Gasteiger partial charge in [0.2, 0.25) is 0 Å². The van der Waals surface area contributed by atoms with Gasteiger partial charge in [-0.25, -0.2) is 4.39 Å². The molecule has 2 nitrogen and oxygen atoms in total. The van der Waals surface area contributed by atoms with E-state index in [1.54, 1.807) is 31.3 Å². The molecule has 0 aromatic heterocycles. The predicted molar refractivity (Wildman–Crippen MR) is 55.1 cm³/mol. The first-order valence-corrected chi connectivity index (χ1v) is 4.32. The van der Waals surface area contributed by atoms with Crippen molar-refractivity contribution in [2.45, 2.75) is 0 Å². The van der Waals surface area contributed by atoms with Crippen LogP contribution in [0.1, 0.15) is 0 Å². The molecule has 2 N–H and O–H groups in total. The molecule has 0 atom stereocenters. The van der Waals surface area contributed by atoms with Crippen LogP contribution >= 0.6 is 0 Å². The lowest BCUT2D eigenvalue weighted by Gasteiger charge is -2.08. The first-order valence-electron chi connectivity index (χ1n) is 4.32. The minimum atomic E-state index is -0.441. The van der Waals surface area contributed by atoms with Crippen molar-refractivity contribution in [3.8, 4) is 5.75 Å². The maximum absolute atomic E-state index is 13.4. The van der Waals surface area contributed by atoms with Gasteiger partial charge < -0.3 is 10.4 Å². The van der Waals surface area contributed by atoms with Crippen LogP contribution in [0.15, 0.2) is 30.3 Å². The minimum absolute atomic E-state index is 0.0388. The maximum atomic E-state index is 13.4. The van der Waals surface area contributed by atoms with Crippen LogP contribution < -0.4 is 5.32 Å². The number of hydrogen-bond acceptors (Lipinski definition) is 2. The summed E-state index contributed by atoms with van der Waals surface area (Å²) in [7, 11) is 1.58. The van der Waals surface area contributed by atoms with Gasteiger partial charge >= 0.3 is 0 Å². The van der Waals surface area contributed by atoms with Crippen molar-refractivity contribution in [3.63, 3.8) is 0 Å². The van der Waals surface area contributed by atoms with Gasteiger partial charge in [-0.1, -0.05) is 24.3 Å². The number of rotatable bonds is 1. The van der Waals surface area contributed by atoms with Gasteiger partial charge in [-0.05, 0) is 11.5 Å². The Morgan fingerprint density at radius 1 is 1.29 bits per heavy atom. The first kappa shape index (κ1) is 8.81. The molecule has 0 saturated heterocycles. The van der Waals surface area contributed by atoms with Crippen LogP contribution in [0.2, 0.25) is 0 Å². The highest BCUT2D eigenvalue weighted by Crippen LogP contribution is 2.34. The van der Waals surface area contributed by atoms with E-state index < -0.39 is 5.82 Å². The lowest BCUT2D eigenvalue weighted by molar-refractivity contribution is 0.479. The molecule has 0 saturated carbocycles. The Kier molecular flexibility index (Phi) is 2.00. The molecule has 14 heavy (non-hydrogen) atoms. The van der Waals surface area contributed by atoms with Crippen molar-refractivity contribution in [2.75, 3.05) is 12.4 Å². The third kappa shape index (κ3) is 1.18. The summed E-state index contributed by atoms with van der Waals surface area (Å²) in [6.45, 7) is 0. The Morgan fingerprint density at radius 2 is 2.00 bits per heavy atom. The molecule has 0 aliphatic carbocycles. The zero-order valence-corrected chi connectivity index (χ0v) is 7.71. The number of hydrogen-bond donors (Lipinski definition) is 2. The van der Waals surface area contributed by atoms with Crippen molar-refractivity contribution < 1.29 is 9.50 Å². The Balaban J connectivity index is 2.86. The summed E-state index contributed by atoms with van der Waals surface area (Å²) < 4.78 is 13.4. The second-order valence-corrected chi connectivity index (χ2v) is 3.05. The SMILES string of the molecule is CNc1c(F)cc2ccccc2c1O. The molecule has 0 radical (unpaired) electrons. The van der Waals surface area contributed by atoms with Crippen LogP contribution in [0.5, 0.6) is 5.75 Å². The number of phenolic OH excluding ortho intramolecular Hbond substituents is 1. The average Bonchev–Trinajstić information content (AvgIpc) is 2.18. The normalized spacial score (nSPS) is 10.4. The van der Waals surface area contributed by atoms with Crippen molar-refractivity contribution in [1.29, 1.82) is 0 Å². The highest BCUT2D eigenvalue weighted by molar-refractivity contribution is 5.93. The van der Waals surface area contributed by atoms with E-state index in [2.05, 4.69) is 5.32 Å². The predicted octanol–water partition coefficient (Wildman–Crippen LogP) is 2.73. The van der Waals surface area contributed by atoms with Crippen LogP contribution in [0, 0.1) is 5.82 Å². The van der Waals surface area contributed by atoms with Crippen molar-refractivity contribution in [1.82, 2.24) is 0 Å². The van der Waals surface area contributed by atoms with Gasteiger partial charge in [-0.15, -0.1) is 0 Å². The number of phenols is 1. The maximum Gasteiger partial charge on any atom is 0.150 e. The van der Waals surface area contributed by atoms with Gasteiger partial charge in [0, 0.05) is 12.4 Å². The molecule has 2 aromatic rings. The Bertz CT molecular complexity index is 482. The summed E-state index contributed by atoms with van der Waals surface area (Å²) in [6, 6.07) is 8.53. The number of aromatic hydroxyl groups is 1. The van der Waals surface area contributed by atoms with Gasteiger partial charge in [-0.3, -0.25) is 0 Å². The third-order valence-electron chi connectivity index (χ3n) is 2.22. The molecular weight excluding hydrogens is 181 g/mol. The van der Waals surface area contributed by atoms with E-state index in [0.29, 0.717) is 10.8 Å². The van der Waals surface area contributed by atoms with E-state index >= 15 is 0 Å². The van der Waals surface area contributed by atoms with E-state index in [9.17, 15) is 9.50 Å². The van der Waals surface area contributed by atoms with Gasteiger partial charge in [-0.2, -0.15) is 0 Å². The van der Waals surface area contributed by atoms with E-state index in [0.717, 1.165) is 0 Å². The fourth-order valence-electron chi connectivity index (χ4n) is 1.53. The number of benzene rings is 2.